The number of nitrogens with zero attached hydrogens (tertiary/aromatic N) is 2. The molecule has 1 N–H and O–H groups in total. The molecular weight excluding hydrogens is 398 g/mol. The van der Waals surface area contributed by atoms with Crippen molar-refractivity contribution >= 4 is 28.9 Å². The normalized spacial score (nSPS) is 10.4. The predicted molar refractivity (Wildman–Crippen MR) is 105 cm³/mol. The molecule has 0 atom stereocenters. The van der Waals surface area contributed by atoms with Crippen molar-refractivity contribution in [1.82, 2.24) is 10.1 Å². The van der Waals surface area contributed by atoms with Crippen LogP contribution in [0.5, 0.6) is 11.5 Å². The fourth-order valence-electron chi connectivity index (χ4n) is 2.38. The Morgan fingerprint density at radius 1 is 1.21 bits per heavy atom. The van der Waals surface area contributed by atoms with Crippen molar-refractivity contribution in [2.75, 3.05) is 26.1 Å². The first-order valence-corrected chi connectivity index (χ1v) is 9.51. The zero-order valence-electron chi connectivity index (χ0n) is 15.8. The van der Waals surface area contributed by atoms with Crippen LogP contribution in [0.25, 0.3) is 10.7 Å². The van der Waals surface area contributed by atoms with Gasteiger partial charge in [0.2, 0.25) is 11.7 Å². The van der Waals surface area contributed by atoms with Gasteiger partial charge in [-0.1, -0.05) is 11.2 Å². The van der Waals surface area contributed by atoms with Crippen molar-refractivity contribution in [3.05, 3.63) is 41.6 Å². The highest BCUT2D eigenvalue weighted by atomic mass is 32.1. The highest BCUT2D eigenvalue weighted by molar-refractivity contribution is 7.13. The summed E-state index contributed by atoms with van der Waals surface area (Å²) in [6.45, 7) is -0.418. The van der Waals surface area contributed by atoms with Crippen LogP contribution in [-0.2, 0) is 20.7 Å². The lowest BCUT2D eigenvalue weighted by Crippen LogP contribution is -2.21. The monoisotopic (exact) mass is 417 g/mol. The van der Waals surface area contributed by atoms with E-state index < -0.39 is 18.5 Å². The van der Waals surface area contributed by atoms with E-state index in [1.807, 2.05) is 17.5 Å². The van der Waals surface area contributed by atoms with Gasteiger partial charge in [0.15, 0.2) is 6.61 Å². The van der Waals surface area contributed by atoms with Gasteiger partial charge in [0.25, 0.3) is 5.91 Å². The molecule has 1 aromatic carbocycles. The maximum absolute atomic E-state index is 12.0. The molecule has 0 bridgehead atoms. The second-order valence-electron chi connectivity index (χ2n) is 5.76. The van der Waals surface area contributed by atoms with Crippen LogP contribution in [-0.4, -0.2) is 42.8 Å². The highest BCUT2D eigenvalue weighted by Crippen LogP contribution is 2.29. The Kier molecular flexibility index (Phi) is 6.80. The summed E-state index contributed by atoms with van der Waals surface area (Å²) in [6.07, 6.45) is 0.246. The number of aryl methyl sites for hydroxylation is 1. The molecule has 3 rings (SSSR count). The van der Waals surface area contributed by atoms with E-state index in [0.29, 0.717) is 28.9 Å². The van der Waals surface area contributed by atoms with Crippen LogP contribution in [0.2, 0.25) is 0 Å². The zero-order chi connectivity index (χ0) is 20.6. The summed E-state index contributed by atoms with van der Waals surface area (Å²) in [4.78, 5) is 29.0. The molecule has 0 aliphatic heterocycles. The van der Waals surface area contributed by atoms with Crippen LogP contribution in [0, 0.1) is 0 Å². The molecule has 0 fully saturated rings. The van der Waals surface area contributed by atoms with Crippen LogP contribution >= 0.6 is 11.3 Å². The molecule has 0 aliphatic rings. The SMILES string of the molecule is COc1ccc(NC(=O)COC(=O)CCc2nc(-c3cccs3)no2)c(OC)c1. The van der Waals surface area contributed by atoms with E-state index in [1.165, 1.54) is 25.6 Å². The number of benzene rings is 1. The molecule has 0 aliphatic carbocycles. The number of rotatable bonds is 9. The van der Waals surface area contributed by atoms with Gasteiger partial charge in [-0.15, -0.1) is 11.3 Å². The average molecular weight is 417 g/mol. The summed E-state index contributed by atoms with van der Waals surface area (Å²) in [7, 11) is 3.01. The maximum atomic E-state index is 12.0. The maximum Gasteiger partial charge on any atom is 0.306 e. The van der Waals surface area contributed by atoms with E-state index in [1.54, 1.807) is 18.2 Å². The molecule has 2 aromatic heterocycles. The predicted octanol–water partition coefficient (Wildman–Crippen LogP) is 2.93. The van der Waals surface area contributed by atoms with Gasteiger partial charge in [0, 0.05) is 12.5 Å². The van der Waals surface area contributed by atoms with Crippen LogP contribution in [0.4, 0.5) is 5.69 Å². The second-order valence-corrected chi connectivity index (χ2v) is 6.71. The van der Waals surface area contributed by atoms with Gasteiger partial charge in [0.1, 0.15) is 11.5 Å². The van der Waals surface area contributed by atoms with Crippen LogP contribution in [0.3, 0.4) is 0 Å². The number of carbonyl (C=O) groups excluding carboxylic acids is 2. The Morgan fingerprint density at radius 2 is 2.07 bits per heavy atom. The van der Waals surface area contributed by atoms with E-state index in [4.69, 9.17) is 18.7 Å². The smallest absolute Gasteiger partial charge is 0.306 e. The Hall–Kier alpha value is -3.40. The molecule has 9 nitrogen and oxygen atoms in total. The molecular formula is C19H19N3O6S. The Bertz CT molecular complexity index is 970. The van der Waals surface area contributed by atoms with Gasteiger partial charge >= 0.3 is 5.97 Å². The van der Waals surface area contributed by atoms with Gasteiger partial charge in [0.05, 0.1) is 31.2 Å². The molecule has 29 heavy (non-hydrogen) atoms. The van der Waals surface area contributed by atoms with Crippen molar-refractivity contribution in [2.45, 2.75) is 12.8 Å². The number of methoxy groups -OCH3 is 2. The van der Waals surface area contributed by atoms with Crippen molar-refractivity contribution in [3.8, 4) is 22.2 Å². The first kappa shape index (κ1) is 20.3. The lowest BCUT2D eigenvalue weighted by molar-refractivity contribution is -0.147. The molecule has 1 amide bonds. The molecule has 0 unspecified atom stereocenters. The van der Waals surface area contributed by atoms with Crippen LogP contribution in [0.15, 0.2) is 40.2 Å². The van der Waals surface area contributed by atoms with Crippen molar-refractivity contribution in [1.29, 1.82) is 0 Å². The van der Waals surface area contributed by atoms with E-state index in [0.717, 1.165) is 4.88 Å². The third kappa shape index (κ3) is 5.55. The number of thiophene rings is 1. The molecule has 0 spiro atoms. The fourth-order valence-corrected chi connectivity index (χ4v) is 3.03. The number of hydrogen-bond acceptors (Lipinski definition) is 9. The summed E-state index contributed by atoms with van der Waals surface area (Å²) in [6, 6.07) is 8.72. The van der Waals surface area contributed by atoms with Gasteiger partial charge in [-0.25, -0.2) is 0 Å². The minimum absolute atomic E-state index is 0.0191. The van der Waals surface area contributed by atoms with Crippen LogP contribution in [0.1, 0.15) is 12.3 Å². The molecule has 10 heteroatoms. The minimum atomic E-state index is -0.544. The van der Waals surface area contributed by atoms with Gasteiger partial charge in [-0.05, 0) is 23.6 Å². The Balaban J connectivity index is 1.44. The summed E-state index contributed by atoms with van der Waals surface area (Å²) in [5, 5.41) is 8.41. The van der Waals surface area contributed by atoms with Crippen molar-refractivity contribution in [3.63, 3.8) is 0 Å². The van der Waals surface area contributed by atoms with E-state index in [2.05, 4.69) is 15.5 Å². The first-order valence-electron chi connectivity index (χ1n) is 8.63. The summed E-state index contributed by atoms with van der Waals surface area (Å²) in [5.74, 6) is 0.808. The zero-order valence-corrected chi connectivity index (χ0v) is 16.7. The lowest BCUT2D eigenvalue weighted by Gasteiger charge is -2.11. The minimum Gasteiger partial charge on any atom is -0.497 e. The van der Waals surface area contributed by atoms with Crippen molar-refractivity contribution in [2.24, 2.45) is 0 Å². The highest BCUT2D eigenvalue weighted by Gasteiger charge is 2.14. The third-order valence-corrected chi connectivity index (χ3v) is 4.67. The average Bonchev–Trinajstić information content (AvgIpc) is 3.42. The number of aromatic nitrogens is 2. The van der Waals surface area contributed by atoms with Gasteiger partial charge in [-0.2, -0.15) is 4.98 Å². The molecule has 2 heterocycles. The summed E-state index contributed by atoms with van der Waals surface area (Å²) in [5.41, 5.74) is 0.446. The third-order valence-electron chi connectivity index (χ3n) is 3.80. The summed E-state index contributed by atoms with van der Waals surface area (Å²) < 4.78 is 20.4. The number of carbonyl (C=O) groups is 2. The lowest BCUT2D eigenvalue weighted by atomic mass is 10.2. The Morgan fingerprint density at radius 3 is 2.79 bits per heavy atom. The van der Waals surface area contributed by atoms with Gasteiger partial charge in [-0.3, -0.25) is 9.59 Å². The fraction of sp³-hybridized carbons (Fsp3) is 0.263. The quantitative estimate of drug-likeness (QED) is 0.529. The van der Waals surface area contributed by atoms with Crippen molar-refractivity contribution < 1.29 is 28.3 Å². The number of amides is 1. The topological polar surface area (TPSA) is 113 Å². The number of nitrogens with one attached hydrogen (secondary N) is 1. The molecule has 3 aromatic rings. The number of anilines is 1. The number of hydrogen-bond donors (Lipinski definition) is 1. The molecule has 0 saturated carbocycles. The summed E-state index contributed by atoms with van der Waals surface area (Å²) >= 11 is 1.49. The van der Waals surface area contributed by atoms with E-state index in [9.17, 15) is 9.59 Å². The Labute approximate surface area is 170 Å². The standard InChI is InChI=1S/C19H19N3O6S/c1-25-12-5-6-13(14(10-12)26-2)20-16(23)11-27-18(24)8-7-17-21-19(22-28-17)15-4-3-9-29-15/h3-6,9-10H,7-8,11H2,1-2H3,(H,20,23). The van der Waals surface area contributed by atoms with Gasteiger partial charge < -0.3 is 24.1 Å². The van der Waals surface area contributed by atoms with Crippen LogP contribution < -0.4 is 14.8 Å². The molecule has 152 valence electrons. The molecule has 0 saturated heterocycles. The van der Waals surface area contributed by atoms with E-state index >= 15 is 0 Å². The van der Waals surface area contributed by atoms with E-state index in [-0.39, 0.29) is 12.8 Å². The largest absolute Gasteiger partial charge is 0.497 e. The number of ether oxygens (including phenoxy) is 3. The molecule has 0 radical (unpaired) electrons. The number of esters is 1. The second kappa shape index (κ2) is 9.69. The first-order chi connectivity index (χ1) is 14.1.